The molecule has 144 valence electrons. The van der Waals surface area contributed by atoms with Gasteiger partial charge in [0, 0.05) is 23.8 Å². The minimum Gasteiger partial charge on any atom is -0.494 e. The number of methoxy groups -OCH3 is 1. The first-order valence-corrected chi connectivity index (χ1v) is 9.91. The smallest absolute Gasteiger partial charge is 0.259 e. The number of halogens is 3. The largest absolute Gasteiger partial charge is 0.494 e. The average molecular weight is 428 g/mol. The summed E-state index contributed by atoms with van der Waals surface area (Å²) >= 11 is 18.6. The van der Waals surface area contributed by atoms with Gasteiger partial charge in [-0.1, -0.05) is 41.7 Å². The van der Waals surface area contributed by atoms with E-state index in [9.17, 15) is 4.79 Å². The van der Waals surface area contributed by atoms with E-state index >= 15 is 0 Å². The fraction of sp³-hybridized carbons (Fsp3) is 0.350. The van der Waals surface area contributed by atoms with Crippen LogP contribution in [-0.4, -0.2) is 26.1 Å². The lowest BCUT2D eigenvalue weighted by molar-refractivity contribution is 0.102. The SMILES string of the molecule is COc1c(Cl)cc(Cl)cc1C(=O)Nc1ccc(N2CCC(C)CC2)c(Cl)c1. The highest BCUT2D eigenvalue weighted by molar-refractivity contribution is 6.36. The normalized spacial score (nSPS) is 14.9. The van der Waals surface area contributed by atoms with Crippen LogP contribution in [0.1, 0.15) is 30.1 Å². The van der Waals surface area contributed by atoms with Crippen molar-refractivity contribution in [1.82, 2.24) is 0 Å². The molecule has 0 radical (unpaired) electrons. The van der Waals surface area contributed by atoms with Crippen LogP contribution in [0.2, 0.25) is 15.1 Å². The number of nitrogens with zero attached hydrogens (tertiary/aromatic N) is 1. The standard InChI is InChI=1S/C20H21Cl3N2O2/c1-12-5-7-25(8-6-12)18-4-3-14(11-16(18)22)24-20(26)15-9-13(21)10-17(23)19(15)27-2/h3-4,9-12H,5-8H2,1-2H3,(H,24,26). The summed E-state index contributed by atoms with van der Waals surface area (Å²) in [6.07, 6.45) is 2.31. The van der Waals surface area contributed by atoms with Gasteiger partial charge < -0.3 is 15.0 Å². The third-order valence-corrected chi connectivity index (χ3v) is 5.59. The number of benzene rings is 2. The first-order valence-electron chi connectivity index (χ1n) is 8.78. The van der Waals surface area contributed by atoms with Crippen molar-refractivity contribution >= 4 is 52.1 Å². The Labute approximate surface area is 174 Å². The van der Waals surface area contributed by atoms with Crippen molar-refractivity contribution in [2.75, 3.05) is 30.4 Å². The molecule has 1 saturated heterocycles. The lowest BCUT2D eigenvalue weighted by Gasteiger charge is -2.32. The maximum absolute atomic E-state index is 12.7. The number of amides is 1. The third kappa shape index (κ3) is 4.63. The Bertz CT molecular complexity index is 849. The molecule has 4 nitrogen and oxygen atoms in total. The van der Waals surface area contributed by atoms with Crippen LogP contribution < -0.4 is 15.0 Å². The fourth-order valence-corrected chi connectivity index (χ4v) is 4.10. The second-order valence-corrected chi connectivity index (χ2v) is 8.01. The molecule has 7 heteroatoms. The third-order valence-electron chi connectivity index (χ3n) is 4.79. The molecule has 0 unspecified atom stereocenters. The molecule has 0 bridgehead atoms. The molecule has 1 aliphatic heterocycles. The van der Waals surface area contributed by atoms with Gasteiger partial charge in [0.15, 0.2) is 0 Å². The zero-order chi connectivity index (χ0) is 19.6. The Hall–Kier alpha value is -1.62. The summed E-state index contributed by atoms with van der Waals surface area (Å²) in [6, 6.07) is 8.59. The lowest BCUT2D eigenvalue weighted by Crippen LogP contribution is -2.32. The highest BCUT2D eigenvalue weighted by Crippen LogP contribution is 2.34. The van der Waals surface area contributed by atoms with Crippen molar-refractivity contribution in [3.63, 3.8) is 0 Å². The minimum absolute atomic E-state index is 0.264. The molecule has 2 aromatic rings. The zero-order valence-corrected chi connectivity index (χ0v) is 17.5. The van der Waals surface area contributed by atoms with E-state index in [4.69, 9.17) is 39.5 Å². The average Bonchev–Trinajstić information content (AvgIpc) is 2.62. The van der Waals surface area contributed by atoms with Gasteiger partial charge in [-0.3, -0.25) is 4.79 Å². The van der Waals surface area contributed by atoms with Gasteiger partial charge in [-0.25, -0.2) is 0 Å². The first-order chi connectivity index (χ1) is 12.9. The second-order valence-electron chi connectivity index (χ2n) is 6.76. The minimum atomic E-state index is -0.369. The lowest BCUT2D eigenvalue weighted by atomic mass is 9.99. The molecule has 1 N–H and O–H groups in total. The summed E-state index contributed by atoms with van der Waals surface area (Å²) in [5.41, 5.74) is 1.85. The van der Waals surface area contributed by atoms with Crippen molar-refractivity contribution < 1.29 is 9.53 Å². The van der Waals surface area contributed by atoms with Gasteiger partial charge in [0.1, 0.15) is 5.75 Å². The molecule has 1 aliphatic rings. The van der Waals surface area contributed by atoms with E-state index in [-0.39, 0.29) is 22.2 Å². The van der Waals surface area contributed by atoms with Crippen LogP contribution in [0.3, 0.4) is 0 Å². The van der Waals surface area contributed by atoms with Gasteiger partial charge in [0.2, 0.25) is 0 Å². The number of carbonyl (C=O) groups is 1. The summed E-state index contributed by atoms with van der Waals surface area (Å²) in [6.45, 7) is 4.25. The Morgan fingerprint density at radius 3 is 2.44 bits per heavy atom. The number of rotatable bonds is 4. The molecule has 0 spiro atoms. The van der Waals surface area contributed by atoms with Crippen molar-refractivity contribution in [3.8, 4) is 5.75 Å². The molecule has 0 aromatic heterocycles. The number of nitrogens with one attached hydrogen (secondary N) is 1. The second kappa shape index (κ2) is 8.59. The Morgan fingerprint density at radius 1 is 1.11 bits per heavy atom. The summed E-state index contributed by atoms with van der Waals surface area (Å²) in [5.74, 6) is 0.661. The quantitative estimate of drug-likeness (QED) is 0.637. The first kappa shape index (κ1) is 20.1. The van der Waals surface area contributed by atoms with E-state index in [2.05, 4.69) is 17.1 Å². The van der Waals surface area contributed by atoms with E-state index in [0.29, 0.717) is 15.7 Å². The molecule has 1 fully saturated rings. The Morgan fingerprint density at radius 2 is 1.81 bits per heavy atom. The van der Waals surface area contributed by atoms with E-state index in [0.717, 1.165) is 37.5 Å². The van der Waals surface area contributed by atoms with Gasteiger partial charge in [-0.2, -0.15) is 0 Å². The number of piperidine rings is 1. The summed E-state index contributed by atoms with van der Waals surface area (Å²) in [4.78, 5) is 15.0. The van der Waals surface area contributed by atoms with Crippen molar-refractivity contribution in [3.05, 3.63) is 51.0 Å². The van der Waals surface area contributed by atoms with E-state index < -0.39 is 0 Å². The van der Waals surface area contributed by atoms with Crippen molar-refractivity contribution in [1.29, 1.82) is 0 Å². The van der Waals surface area contributed by atoms with Crippen LogP contribution in [0.25, 0.3) is 0 Å². The summed E-state index contributed by atoms with van der Waals surface area (Å²) < 4.78 is 5.24. The van der Waals surface area contributed by atoms with Crippen molar-refractivity contribution in [2.24, 2.45) is 5.92 Å². The molecule has 0 saturated carbocycles. The van der Waals surface area contributed by atoms with E-state index in [1.165, 1.54) is 19.2 Å². The molecular formula is C20H21Cl3N2O2. The van der Waals surface area contributed by atoms with Gasteiger partial charge in [-0.05, 0) is 49.1 Å². The molecule has 0 aliphatic carbocycles. The van der Waals surface area contributed by atoms with Gasteiger partial charge in [0.05, 0.1) is 28.4 Å². The number of anilines is 2. The van der Waals surface area contributed by atoms with Crippen LogP contribution in [0, 0.1) is 5.92 Å². The summed E-state index contributed by atoms with van der Waals surface area (Å²) in [7, 11) is 1.46. The van der Waals surface area contributed by atoms with Crippen LogP contribution in [-0.2, 0) is 0 Å². The molecule has 3 rings (SSSR count). The molecule has 27 heavy (non-hydrogen) atoms. The van der Waals surface area contributed by atoms with Crippen molar-refractivity contribution in [2.45, 2.75) is 19.8 Å². The Kier molecular flexibility index (Phi) is 6.40. The molecule has 0 atom stereocenters. The number of ether oxygens (including phenoxy) is 1. The molecule has 1 heterocycles. The zero-order valence-electron chi connectivity index (χ0n) is 15.2. The predicted molar refractivity (Wildman–Crippen MR) is 113 cm³/mol. The van der Waals surface area contributed by atoms with Crippen LogP contribution in [0.5, 0.6) is 5.75 Å². The van der Waals surface area contributed by atoms with Gasteiger partial charge in [0.25, 0.3) is 5.91 Å². The fourth-order valence-electron chi connectivity index (χ4n) is 3.23. The monoisotopic (exact) mass is 426 g/mol. The summed E-state index contributed by atoms with van der Waals surface area (Å²) in [5, 5.41) is 4.08. The molecule has 1 amide bonds. The van der Waals surface area contributed by atoms with Gasteiger partial charge >= 0.3 is 0 Å². The highest BCUT2D eigenvalue weighted by atomic mass is 35.5. The maximum Gasteiger partial charge on any atom is 0.259 e. The van der Waals surface area contributed by atoms with E-state index in [1.807, 2.05) is 12.1 Å². The van der Waals surface area contributed by atoms with Crippen LogP contribution in [0.4, 0.5) is 11.4 Å². The number of carbonyl (C=O) groups excluding carboxylic acids is 1. The molecular weight excluding hydrogens is 407 g/mol. The van der Waals surface area contributed by atoms with E-state index in [1.54, 1.807) is 6.07 Å². The van der Waals surface area contributed by atoms with Crippen LogP contribution in [0.15, 0.2) is 30.3 Å². The molecule has 2 aromatic carbocycles. The predicted octanol–water partition coefficient (Wildman–Crippen LogP) is 6.14. The highest BCUT2D eigenvalue weighted by Gasteiger charge is 2.20. The van der Waals surface area contributed by atoms with Crippen LogP contribution >= 0.6 is 34.8 Å². The maximum atomic E-state index is 12.7. The number of hydrogen-bond donors (Lipinski definition) is 1. The van der Waals surface area contributed by atoms with Gasteiger partial charge in [-0.15, -0.1) is 0 Å². The number of hydrogen-bond acceptors (Lipinski definition) is 3. The topological polar surface area (TPSA) is 41.6 Å². The Balaban J connectivity index is 1.79.